The number of imide groups is 1. The average Bonchev–Trinajstić information content (AvgIpc) is 2.74. The van der Waals surface area contributed by atoms with Crippen LogP contribution in [0.3, 0.4) is 0 Å². The lowest BCUT2D eigenvalue weighted by atomic mass is 10.1. The van der Waals surface area contributed by atoms with Gasteiger partial charge in [-0.15, -0.1) is 0 Å². The van der Waals surface area contributed by atoms with Crippen LogP contribution in [0.2, 0.25) is 0 Å². The standard InChI is InChI=1S/C20H18N4O5/c25-17-18(26)24(21-13-14-7-3-1-4-8-14)12-11-23(17)20(29)22-16(19(27)28)15-9-5-2-6-10-15/h1-10,13,16H,11-12H2,(H,22,29)(H,27,28)/t16-/m1/s1. The van der Waals surface area contributed by atoms with Gasteiger partial charge in [0.1, 0.15) is 0 Å². The van der Waals surface area contributed by atoms with Crippen molar-refractivity contribution < 1.29 is 24.3 Å². The van der Waals surface area contributed by atoms with Crippen molar-refractivity contribution in [2.24, 2.45) is 5.10 Å². The second-order valence-electron chi connectivity index (χ2n) is 6.17. The minimum atomic E-state index is -1.35. The second-order valence-corrected chi connectivity index (χ2v) is 6.17. The SMILES string of the molecule is O=C(O)[C@H](NC(=O)N1CCN(N=Cc2ccccc2)C(=O)C1=O)c1ccccc1. The largest absolute Gasteiger partial charge is 0.479 e. The van der Waals surface area contributed by atoms with Crippen LogP contribution in [-0.2, 0) is 14.4 Å². The Hall–Kier alpha value is -4.01. The first-order valence-corrected chi connectivity index (χ1v) is 8.78. The van der Waals surface area contributed by atoms with Crippen molar-refractivity contribution in [3.05, 3.63) is 71.8 Å². The van der Waals surface area contributed by atoms with Gasteiger partial charge in [0.15, 0.2) is 6.04 Å². The molecular formula is C20H18N4O5. The van der Waals surface area contributed by atoms with Gasteiger partial charge in [0.05, 0.1) is 19.3 Å². The van der Waals surface area contributed by atoms with Gasteiger partial charge >= 0.3 is 23.8 Å². The number of nitrogens with zero attached hydrogens (tertiary/aromatic N) is 3. The highest BCUT2D eigenvalue weighted by Crippen LogP contribution is 2.14. The predicted octanol–water partition coefficient (Wildman–Crippen LogP) is 1.23. The summed E-state index contributed by atoms with van der Waals surface area (Å²) < 4.78 is 0. The Morgan fingerprint density at radius 1 is 0.966 bits per heavy atom. The van der Waals surface area contributed by atoms with E-state index in [1.54, 1.807) is 42.5 Å². The number of piperazine rings is 1. The molecule has 148 valence electrons. The van der Waals surface area contributed by atoms with E-state index in [-0.39, 0.29) is 13.1 Å². The van der Waals surface area contributed by atoms with E-state index in [0.717, 1.165) is 10.6 Å². The molecular weight excluding hydrogens is 376 g/mol. The molecule has 1 heterocycles. The van der Waals surface area contributed by atoms with Crippen molar-refractivity contribution in [2.75, 3.05) is 13.1 Å². The molecule has 2 N–H and O–H groups in total. The number of benzene rings is 2. The van der Waals surface area contributed by atoms with Gasteiger partial charge in [-0.2, -0.15) is 5.10 Å². The van der Waals surface area contributed by atoms with Gasteiger partial charge in [-0.25, -0.2) is 14.6 Å². The van der Waals surface area contributed by atoms with E-state index in [9.17, 15) is 24.3 Å². The number of carbonyl (C=O) groups is 4. The molecule has 0 radical (unpaired) electrons. The Morgan fingerprint density at radius 3 is 2.21 bits per heavy atom. The Bertz CT molecular complexity index is 946. The highest BCUT2D eigenvalue weighted by molar-refractivity contribution is 6.38. The van der Waals surface area contributed by atoms with Crippen LogP contribution in [0.25, 0.3) is 0 Å². The van der Waals surface area contributed by atoms with Gasteiger partial charge in [0.25, 0.3) is 0 Å². The molecule has 29 heavy (non-hydrogen) atoms. The zero-order valence-corrected chi connectivity index (χ0v) is 15.3. The number of carboxylic acids is 1. The van der Waals surface area contributed by atoms with Crippen LogP contribution >= 0.6 is 0 Å². The summed E-state index contributed by atoms with van der Waals surface area (Å²) in [4.78, 5) is 49.3. The maximum atomic E-state index is 12.4. The van der Waals surface area contributed by atoms with Crippen molar-refractivity contribution in [3.8, 4) is 0 Å². The molecule has 1 saturated heterocycles. The van der Waals surface area contributed by atoms with Crippen LogP contribution in [0.4, 0.5) is 4.79 Å². The minimum Gasteiger partial charge on any atom is -0.479 e. The predicted molar refractivity (Wildman–Crippen MR) is 103 cm³/mol. The van der Waals surface area contributed by atoms with E-state index in [1.165, 1.54) is 6.21 Å². The van der Waals surface area contributed by atoms with Crippen LogP contribution in [-0.4, -0.2) is 58.1 Å². The summed E-state index contributed by atoms with van der Waals surface area (Å²) in [5.41, 5.74) is 1.10. The third-order valence-corrected chi connectivity index (χ3v) is 4.24. The molecule has 1 aliphatic rings. The Balaban J connectivity index is 1.67. The second kappa shape index (κ2) is 8.79. The quantitative estimate of drug-likeness (QED) is 0.584. The van der Waals surface area contributed by atoms with E-state index < -0.39 is 29.9 Å². The lowest BCUT2D eigenvalue weighted by molar-refractivity contribution is -0.153. The molecule has 1 fully saturated rings. The van der Waals surface area contributed by atoms with E-state index in [0.29, 0.717) is 10.5 Å². The highest BCUT2D eigenvalue weighted by atomic mass is 16.4. The molecule has 4 amide bonds. The summed E-state index contributed by atoms with van der Waals surface area (Å²) in [6.45, 7) is -0.103. The fourth-order valence-corrected chi connectivity index (χ4v) is 2.74. The van der Waals surface area contributed by atoms with E-state index in [4.69, 9.17) is 0 Å². The molecule has 9 nitrogen and oxygen atoms in total. The van der Waals surface area contributed by atoms with E-state index in [1.807, 2.05) is 18.2 Å². The van der Waals surface area contributed by atoms with Crippen LogP contribution in [0.1, 0.15) is 17.2 Å². The van der Waals surface area contributed by atoms with Crippen LogP contribution in [0, 0.1) is 0 Å². The van der Waals surface area contributed by atoms with E-state index >= 15 is 0 Å². The topological polar surface area (TPSA) is 119 Å². The molecule has 1 atom stereocenters. The number of urea groups is 1. The molecule has 2 aromatic rings. The number of carbonyl (C=O) groups excluding carboxylic acids is 3. The first-order chi connectivity index (χ1) is 14.0. The molecule has 0 spiro atoms. The third-order valence-electron chi connectivity index (χ3n) is 4.24. The molecule has 3 rings (SSSR count). The fourth-order valence-electron chi connectivity index (χ4n) is 2.74. The highest BCUT2D eigenvalue weighted by Gasteiger charge is 2.37. The Labute approximate surface area is 166 Å². The summed E-state index contributed by atoms with van der Waals surface area (Å²) >= 11 is 0. The smallest absolute Gasteiger partial charge is 0.332 e. The van der Waals surface area contributed by atoms with Crippen molar-refractivity contribution >= 4 is 30.0 Å². The summed E-state index contributed by atoms with van der Waals surface area (Å²) in [5, 5.41) is 16.7. The number of carboxylic acid groups (broad SMARTS) is 1. The number of nitrogens with one attached hydrogen (secondary N) is 1. The molecule has 0 bridgehead atoms. The number of hydrogen-bond donors (Lipinski definition) is 2. The van der Waals surface area contributed by atoms with Gasteiger partial charge in [-0.1, -0.05) is 60.7 Å². The molecule has 0 unspecified atom stereocenters. The Morgan fingerprint density at radius 2 is 1.59 bits per heavy atom. The van der Waals surface area contributed by atoms with Gasteiger partial charge in [0.2, 0.25) is 0 Å². The van der Waals surface area contributed by atoms with Crippen LogP contribution < -0.4 is 5.32 Å². The third kappa shape index (κ3) is 4.64. The molecule has 0 aromatic heterocycles. The lowest BCUT2D eigenvalue weighted by Crippen LogP contribution is -2.57. The molecule has 0 aliphatic carbocycles. The molecule has 0 saturated carbocycles. The first-order valence-electron chi connectivity index (χ1n) is 8.78. The van der Waals surface area contributed by atoms with Gasteiger partial charge in [-0.05, 0) is 11.1 Å². The summed E-state index contributed by atoms with van der Waals surface area (Å²) in [6.07, 6.45) is 1.44. The Kier molecular flexibility index (Phi) is 5.98. The molecule has 2 aromatic carbocycles. The lowest BCUT2D eigenvalue weighted by Gasteiger charge is -2.30. The number of aliphatic carboxylic acids is 1. The van der Waals surface area contributed by atoms with Crippen LogP contribution in [0.5, 0.6) is 0 Å². The minimum absolute atomic E-state index is 0.00437. The number of hydrogen-bond acceptors (Lipinski definition) is 5. The maximum absolute atomic E-state index is 12.4. The average molecular weight is 394 g/mol. The van der Waals surface area contributed by atoms with E-state index in [2.05, 4.69) is 10.4 Å². The van der Waals surface area contributed by atoms with Crippen molar-refractivity contribution in [1.29, 1.82) is 0 Å². The molecule has 1 aliphatic heterocycles. The van der Waals surface area contributed by atoms with Gasteiger partial charge in [-0.3, -0.25) is 14.5 Å². The van der Waals surface area contributed by atoms with Crippen LogP contribution in [0.15, 0.2) is 65.8 Å². The zero-order chi connectivity index (χ0) is 20.8. The van der Waals surface area contributed by atoms with Crippen molar-refractivity contribution in [2.45, 2.75) is 6.04 Å². The zero-order valence-electron chi connectivity index (χ0n) is 15.3. The monoisotopic (exact) mass is 394 g/mol. The normalized spacial score (nSPS) is 15.4. The summed E-state index contributed by atoms with van der Waals surface area (Å²) in [6, 6.07) is 14.8. The van der Waals surface area contributed by atoms with Gasteiger partial charge < -0.3 is 10.4 Å². The van der Waals surface area contributed by atoms with Crippen molar-refractivity contribution in [3.63, 3.8) is 0 Å². The van der Waals surface area contributed by atoms with Crippen molar-refractivity contribution in [1.82, 2.24) is 15.2 Å². The number of hydrazone groups is 1. The fraction of sp³-hybridized carbons (Fsp3) is 0.150. The van der Waals surface area contributed by atoms with Gasteiger partial charge in [0, 0.05) is 0 Å². The first kappa shape index (κ1) is 19.7. The summed E-state index contributed by atoms with van der Waals surface area (Å²) in [5.74, 6) is -3.32. The maximum Gasteiger partial charge on any atom is 0.332 e. The summed E-state index contributed by atoms with van der Waals surface area (Å²) in [7, 11) is 0. The number of rotatable bonds is 5. The molecule has 9 heteroatoms. The number of amides is 4.